The van der Waals surface area contributed by atoms with E-state index in [0.717, 1.165) is 17.8 Å². The maximum atomic E-state index is 10.1. The predicted octanol–water partition coefficient (Wildman–Crippen LogP) is 2.40. The lowest BCUT2D eigenvalue weighted by Crippen LogP contribution is -3.04. The minimum Gasteiger partial charge on any atom is -0.506 e. The summed E-state index contributed by atoms with van der Waals surface area (Å²) in [7, 11) is 4.18. The van der Waals surface area contributed by atoms with E-state index >= 15 is 0 Å². The molecule has 0 aliphatic rings. The van der Waals surface area contributed by atoms with Crippen LogP contribution in [0.2, 0.25) is 0 Å². The van der Waals surface area contributed by atoms with E-state index in [2.05, 4.69) is 52.0 Å². The molecule has 112 valence electrons. The number of benzene rings is 1. The Balaban J connectivity index is 2.37. The molecule has 2 rings (SSSR count). The molecule has 0 radical (unpaired) electrons. The highest BCUT2D eigenvalue weighted by Crippen LogP contribution is 2.29. The van der Waals surface area contributed by atoms with E-state index in [1.165, 1.54) is 10.5 Å². The van der Waals surface area contributed by atoms with Crippen molar-refractivity contribution in [2.75, 3.05) is 14.1 Å². The van der Waals surface area contributed by atoms with Crippen LogP contribution in [0.5, 0.6) is 5.75 Å². The summed E-state index contributed by atoms with van der Waals surface area (Å²) < 4.78 is 0. The Hall–Kier alpha value is -1.87. The first-order chi connectivity index (χ1) is 9.77. The molecule has 0 saturated heterocycles. The highest BCUT2D eigenvalue weighted by atomic mass is 16.3. The van der Waals surface area contributed by atoms with E-state index in [-0.39, 0.29) is 11.2 Å². The van der Waals surface area contributed by atoms with Gasteiger partial charge in [-0.2, -0.15) is 0 Å². The zero-order chi connectivity index (χ0) is 15.6. The highest BCUT2D eigenvalue weighted by Gasteiger charge is 2.14. The predicted molar refractivity (Wildman–Crippen MR) is 86.6 cm³/mol. The summed E-state index contributed by atoms with van der Waals surface area (Å²) in [5.41, 5.74) is 4.01. The Kier molecular flexibility index (Phi) is 4.33. The maximum absolute atomic E-state index is 10.1. The van der Waals surface area contributed by atoms with E-state index in [9.17, 15) is 5.11 Å². The molecule has 1 aromatic carbocycles. The van der Waals surface area contributed by atoms with Crippen LogP contribution in [0.1, 0.15) is 32.0 Å². The molecular formula is C18H25N2O+. The highest BCUT2D eigenvalue weighted by molar-refractivity contribution is 5.66. The van der Waals surface area contributed by atoms with Gasteiger partial charge in [0.1, 0.15) is 18.0 Å². The fourth-order valence-corrected chi connectivity index (χ4v) is 2.29. The average molecular weight is 285 g/mol. The number of nitrogens with one attached hydrogen (secondary N) is 1. The van der Waals surface area contributed by atoms with Crippen LogP contribution in [0, 0.1) is 0 Å². The van der Waals surface area contributed by atoms with Crippen molar-refractivity contribution in [2.24, 2.45) is 0 Å². The van der Waals surface area contributed by atoms with E-state index in [4.69, 9.17) is 0 Å². The summed E-state index contributed by atoms with van der Waals surface area (Å²) in [6, 6.07) is 11.9. The van der Waals surface area contributed by atoms with Crippen LogP contribution >= 0.6 is 0 Å². The smallest absolute Gasteiger partial charge is 0.141 e. The molecule has 1 aromatic heterocycles. The normalized spacial score (nSPS) is 11.9. The number of nitrogens with zero attached hydrogens (tertiary/aromatic N) is 1. The van der Waals surface area contributed by atoms with Gasteiger partial charge in [-0.25, -0.2) is 4.98 Å². The van der Waals surface area contributed by atoms with Crippen molar-refractivity contribution in [3.63, 3.8) is 0 Å². The van der Waals surface area contributed by atoms with Crippen LogP contribution in [0.3, 0.4) is 0 Å². The van der Waals surface area contributed by atoms with Gasteiger partial charge < -0.3 is 10.0 Å². The van der Waals surface area contributed by atoms with Crippen LogP contribution in [-0.2, 0) is 12.0 Å². The Morgan fingerprint density at radius 3 is 2.14 bits per heavy atom. The molecule has 0 fully saturated rings. The van der Waals surface area contributed by atoms with Crippen molar-refractivity contribution in [2.45, 2.75) is 32.7 Å². The first-order valence-corrected chi connectivity index (χ1v) is 7.36. The SMILES string of the molecule is C[NH+](C)Cc1ccc(O)c(-c2ccc(C(C)(C)C)cc2)n1. The molecule has 3 nitrogen and oxygen atoms in total. The molecule has 0 amide bonds. The van der Waals surface area contributed by atoms with Crippen molar-refractivity contribution in [1.82, 2.24) is 4.98 Å². The third-order valence-corrected chi connectivity index (χ3v) is 3.49. The summed E-state index contributed by atoms with van der Waals surface area (Å²) in [6.07, 6.45) is 0. The van der Waals surface area contributed by atoms with Crippen LogP contribution in [-0.4, -0.2) is 24.2 Å². The zero-order valence-electron chi connectivity index (χ0n) is 13.6. The van der Waals surface area contributed by atoms with Crippen molar-refractivity contribution >= 4 is 0 Å². The zero-order valence-corrected chi connectivity index (χ0v) is 13.6. The number of aromatic nitrogens is 1. The van der Waals surface area contributed by atoms with Gasteiger partial charge in [0, 0.05) is 5.56 Å². The summed E-state index contributed by atoms with van der Waals surface area (Å²) >= 11 is 0. The number of aromatic hydroxyl groups is 1. The molecule has 2 aromatic rings. The topological polar surface area (TPSA) is 37.6 Å². The van der Waals surface area contributed by atoms with Gasteiger partial charge in [-0.1, -0.05) is 45.0 Å². The van der Waals surface area contributed by atoms with E-state index in [1.54, 1.807) is 6.07 Å². The second kappa shape index (κ2) is 5.86. The first kappa shape index (κ1) is 15.5. The van der Waals surface area contributed by atoms with Crippen LogP contribution < -0.4 is 4.90 Å². The second-order valence-electron chi connectivity index (χ2n) is 6.88. The minimum atomic E-state index is 0.129. The summed E-state index contributed by atoms with van der Waals surface area (Å²) in [6.45, 7) is 7.42. The molecule has 0 saturated carbocycles. The molecule has 2 N–H and O–H groups in total. The van der Waals surface area contributed by atoms with Gasteiger partial charge in [0.15, 0.2) is 0 Å². The average Bonchev–Trinajstić information content (AvgIpc) is 2.39. The molecule has 21 heavy (non-hydrogen) atoms. The number of rotatable bonds is 3. The number of hydrogen-bond donors (Lipinski definition) is 2. The maximum Gasteiger partial charge on any atom is 0.141 e. The number of quaternary nitrogens is 1. The molecule has 0 atom stereocenters. The minimum absolute atomic E-state index is 0.129. The van der Waals surface area contributed by atoms with Crippen LogP contribution in [0.4, 0.5) is 0 Å². The number of pyridine rings is 1. The van der Waals surface area contributed by atoms with Gasteiger partial charge >= 0.3 is 0 Å². The van der Waals surface area contributed by atoms with Gasteiger partial charge in [-0.05, 0) is 23.1 Å². The standard InChI is InChI=1S/C18H24N2O/c1-18(2,3)14-8-6-13(7-9-14)17-16(21)11-10-15(19-17)12-20(4)5/h6-11,21H,12H2,1-5H3/p+1. The molecule has 0 unspecified atom stereocenters. The van der Waals surface area contributed by atoms with Gasteiger partial charge in [-0.15, -0.1) is 0 Å². The third kappa shape index (κ3) is 3.82. The molecule has 0 spiro atoms. The largest absolute Gasteiger partial charge is 0.506 e. The summed E-state index contributed by atoms with van der Waals surface area (Å²) in [5, 5.41) is 10.1. The molecular weight excluding hydrogens is 260 g/mol. The van der Waals surface area contributed by atoms with Crippen molar-refractivity contribution in [3.8, 4) is 17.0 Å². The van der Waals surface area contributed by atoms with Gasteiger partial charge in [0.05, 0.1) is 19.8 Å². The molecule has 0 aliphatic carbocycles. The molecule has 3 heteroatoms. The van der Waals surface area contributed by atoms with Crippen molar-refractivity contribution < 1.29 is 10.0 Å². The van der Waals surface area contributed by atoms with Gasteiger partial charge in [0.25, 0.3) is 0 Å². The third-order valence-electron chi connectivity index (χ3n) is 3.49. The Bertz CT molecular complexity index is 610. The Morgan fingerprint density at radius 1 is 1.00 bits per heavy atom. The summed E-state index contributed by atoms with van der Waals surface area (Å²) in [5.74, 6) is 0.232. The molecule has 1 heterocycles. The Labute approximate surface area is 127 Å². The van der Waals surface area contributed by atoms with Gasteiger partial charge in [-0.3, -0.25) is 0 Å². The lowest BCUT2D eigenvalue weighted by Gasteiger charge is -2.19. The van der Waals surface area contributed by atoms with Crippen molar-refractivity contribution in [3.05, 3.63) is 47.7 Å². The van der Waals surface area contributed by atoms with E-state index in [1.807, 2.05) is 18.2 Å². The van der Waals surface area contributed by atoms with Crippen LogP contribution in [0.25, 0.3) is 11.3 Å². The van der Waals surface area contributed by atoms with E-state index < -0.39 is 0 Å². The van der Waals surface area contributed by atoms with Crippen LogP contribution in [0.15, 0.2) is 36.4 Å². The quantitative estimate of drug-likeness (QED) is 0.908. The second-order valence-corrected chi connectivity index (χ2v) is 6.88. The molecule has 0 bridgehead atoms. The monoisotopic (exact) mass is 285 g/mol. The fraction of sp³-hybridized carbons (Fsp3) is 0.389. The Morgan fingerprint density at radius 2 is 1.62 bits per heavy atom. The first-order valence-electron chi connectivity index (χ1n) is 7.36. The fourth-order valence-electron chi connectivity index (χ4n) is 2.29. The van der Waals surface area contributed by atoms with Gasteiger partial charge in [0.2, 0.25) is 0 Å². The lowest BCUT2D eigenvalue weighted by atomic mass is 9.86. The van der Waals surface area contributed by atoms with E-state index in [0.29, 0.717) is 5.69 Å². The summed E-state index contributed by atoms with van der Waals surface area (Å²) in [4.78, 5) is 5.91. The lowest BCUT2D eigenvalue weighted by molar-refractivity contribution is -0.873. The number of hydrogen-bond acceptors (Lipinski definition) is 2. The van der Waals surface area contributed by atoms with Crippen molar-refractivity contribution in [1.29, 1.82) is 0 Å². The molecule has 0 aliphatic heterocycles.